The van der Waals surface area contributed by atoms with Crippen molar-refractivity contribution in [1.29, 1.82) is 0 Å². The van der Waals surface area contributed by atoms with Crippen LogP contribution in [0.5, 0.6) is 0 Å². The highest BCUT2D eigenvalue weighted by molar-refractivity contribution is 7.71. The summed E-state index contributed by atoms with van der Waals surface area (Å²) in [6.07, 6.45) is 0. The second-order valence-electron chi connectivity index (χ2n) is 4.19. The monoisotopic (exact) mass is 322 g/mol. The van der Waals surface area contributed by atoms with Gasteiger partial charge in [-0.3, -0.25) is 9.36 Å². The Morgan fingerprint density at radius 1 is 1.05 bits per heavy atom. The molecule has 1 aromatic heterocycles. The highest BCUT2D eigenvalue weighted by Crippen LogP contribution is 2.28. The fourth-order valence-electron chi connectivity index (χ4n) is 2.05. The van der Waals surface area contributed by atoms with E-state index in [1.54, 1.807) is 36.4 Å². The van der Waals surface area contributed by atoms with Crippen molar-refractivity contribution in [3.63, 3.8) is 0 Å². The molecule has 1 N–H and O–H groups in total. The first-order valence-corrected chi connectivity index (χ1v) is 6.94. The second-order valence-corrected chi connectivity index (χ2v) is 5.36. The van der Waals surface area contributed by atoms with Crippen molar-refractivity contribution in [3.8, 4) is 5.69 Å². The number of hydrogen-bond acceptors (Lipinski definition) is 2. The predicted molar refractivity (Wildman–Crippen MR) is 84.7 cm³/mol. The Morgan fingerprint density at radius 3 is 2.60 bits per heavy atom. The number of rotatable bonds is 1. The van der Waals surface area contributed by atoms with Gasteiger partial charge in [-0.25, -0.2) is 0 Å². The summed E-state index contributed by atoms with van der Waals surface area (Å²) < 4.78 is 1.63. The third-order valence-electron chi connectivity index (χ3n) is 2.98. The first-order chi connectivity index (χ1) is 9.59. The molecule has 0 saturated heterocycles. The van der Waals surface area contributed by atoms with Crippen molar-refractivity contribution in [2.24, 2.45) is 0 Å². The maximum Gasteiger partial charge on any atom is 0.266 e. The number of benzene rings is 2. The van der Waals surface area contributed by atoms with Crippen LogP contribution in [0.1, 0.15) is 0 Å². The smallest absolute Gasteiger partial charge is 0.266 e. The third-order valence-corrected chi connectivity index (χ3v) is 4.07. The zero-order valence-corrected chi connectivity index (χ0v) is 12.4. The molecule has 1 heterocycles. The number of fused-ring (bicyclic) bond motifs is 1. The van der Waals surface area contributed by atoms with E-state index in [4.69, 9.17) is 35.4 Å². The Hall–Kier alpha value is -1.62. The van der Waals surface area contributed by atoms with E-state index in [0.29, 0.717) is 26.6 Å². The third kappa shape index (κ3) is 2.06. The zero-order chi connectivity index (χ0) is 14.3. The minimum absolute atomic E-state index is 0.228. The summed E-state index contributed by atoms with van der Waals surface area (Å²) in [7, 11) is 0. The van der Waals surface area contributed by atoms with Crippen LogP contribution in [0.3, 0.4) is 0 Å². The summed E-state index contributed by atoms with van der Waals surface area (Å²) in [4.78, 5) is 15.6. The van der Waals surface area contributed by atoms with Gasteiger partial charge in [0.25, 0.3) is 5.56 Å². The van der Waals surface area contributed by atoms with Gasteiger partial charge in [-0.1, -0.05) is 41.4 Å². The second kappa shape index (κ2) is 5.05. The summed E-state index contributed by atoms with van der Waals surface area (Å²) in [5, 5.41) is 1.21. The van der Waals surface area contributed by atoms with E-state index >= 15 is 0 Å². The van der Waals surface area contributed by atoms with Crippen LogP contribution in [0, 0.1) is 4.77 Å². The maximum absolute atomic E-state index is 12.6. The zero-order valence-electron chi connectivity index (χ0n) is 10.1. The molecule has 6 heteroatoms. The van der Waals surface area contributed by atoms with Crippen LogP contribution in [0.25, 0.3) is 16.6 Å². The minimum Gasteiger partial charge on any atom is -0.331 e. The van der Waals surface area contributed by atoms with Crippen LogP contribution in [0.4, 0.5) is 0 Å². The van der Waals surface area contributed by atoms with E-state index in [2.05, 4.69) is 4.98 Å². The van der Waals surface area contributed by atoms with Crippen LogP contribution in [-0.2, 0) is 0 Å². The number of aromatic amines is 1. The summed E-state index contributed by atoms with van der Waals surface area (Å²) in [5.41, 5.74) is 0.932. The Balaban J connectivity index is 2.46. The molecular weight excluding hydrogens is 315 g/mol. The van der Waals surface area contributed by atoms with Gasteiger partial charge >= 0.3 is 0 Å². The Labute approximate surface area is 129 Å². The molecule has 0 bridgehead atoms. The molecule has 20 heavy (non-hydrogen) atoms. The molecule has 0 unspecified atom stereocenters. The number of aromatic nitrogens is 2. The molecule has 0 aliphatic rings. The van der Waals surface area contributed by atoms with E-state index in [0.717, 1.165) is 0 Å². The number of H-pyrrole nitrogens is 1. The standard InChI is InChI=1S/C14H8Cl2N2OS/c15-9-5-3-7-11(12(9)16)18-13(19)8-4-1-2-6-10(8)17-14(18)20/h1-7H,(H,17,20). The lowest BCUT2D eigenvalue weighted by Gasteiger charge is -2.10. The highest BCUT2D eigenvalue weighted by atomic mass is 35.5. The Kier molecular flexibility index (Phi) is 3.38. The van der Waals surface area contributed by atoms with Crippen LogP contribution in [-0.4, -0.2) is 9.55 Å². The average Bonchev–Trinajstić information content (AvgIpc) is 2.43. The number of nitrogens with zero attached hydrogens (tertiary/aromatic N) is 1. The lowest BCUT2D eigenvalue weighted by molar-refractivity contribution is 0.940. The fraction of sp³-hybridized carbons (Fsp3) is 0. The van der Waals surface area contributed by atoms with Crippen LogP contribution in [0.2, 0.25) is 10.0 Å². The number of halogens is 2. The van der Waals surface area contributed by atoms with Crippen LogP contribution >= 0.6 is 35.4 Å². The molecule has 3 nitrogen and oxygen atoms in total. The van der Waals surface area contributed by atoms with Crippen molar-refractivity contribution in [2.45, 2.75) is 0 Å². The average molecular weight is 323 g/mol. The van der Waals surface area contributed by atoms with Gasteiger partial charge in [0.05, 0.1) is 26.6 Å². The fourth-order valence-corrected chi connectivity index (χ4v) is 2.72. The lowest BCUT2D eigenvalue weighted by atomic mass is 10.2. The molecule has 2 aromatic carbocycles. The maximum atomic E-state index is 12.6. The number of hydrogen-bond donors (Lipinski definition) is 1. The molecule has 0 aliphatic heterocycles. The first-order valence-electron chi connectivity index (χ1n) is 5.78. The molecular formula is C14H8Cl2N2OS. The summed E-state index contributed by atoms with van der Waals surface area (Å²) in [5.74, 6) is 0. The summed E-state index contributed by atoms with van der Waals surface area (Å²) >= 11 is 17.4. The van der Waals surface area contributed by atoms with Gasteiger partial charge in [0, 0.05) is 0 Å². The Bertz CT molecular complexity index is 930. The largest absolute Gasteiger partial charge is 0.331 e. The number of para-hydroxylation sites is 1. The molecule has 0 saturated carbocycles. The van der Waals surface area contributed by atoms with Gasteiger partial charge in [-0.15, -0.1) is 0 Å². The summed E-state index contributed by atoms with van der Waals surface area (Å²) in [6.45, 7) is 0. The summed E-state index contributed by atoms with van der Waals surface area (Å²) in [6, 6.07) is 12.3. The van der Waals surface area contributed by atoms with Gasteiger partial charge in [-0.05, 0) is 36.5 Å². The number of nitrogens with one attached hydrogen (secondary N) is 1. The van der Waals surface area contributed by atoms with Crippen molar-refractivity contribution >= 4 is 46.3 Å². The normalized spacial score (nSPS) is 10.9. The van der Waals surface area contributed by atoms with Crippen molar-refractivity contribution in [2.75, 3.05) is 0 Å². The van der Waals surface area contributed by atoms with E-state index < -0.39 is 0 Å². The van der Waals surface area contributed by atoms with Gasteiger partial charge < -0.3 is 4.98 Å². The van der Waals surface area contributed by atoms with Gasteiger partial charge in [0.1, 0.15) is 0 Å². The molecule has 100 valence electrons. The molecule has 0 fully saturated rings. The van der Waals surface area contributed by atoms with E-state index in [1.807, 2.05) is 6.07 Å². The quantitative estimate of drug-likeness (QED) is 0.676. The molecule has 0 amide bonds. The van der Waals surface area contributed by atoms with Crippen molar-refractivity contribution in [3.05, 3.63) is 67.6 Å². The van der Waals surface area contributed by atoms with Gasteiger partial charge in [0.15, 0.2) is 4.77 Å². The molecule has 0 atom stereocenters. The van der Waals surface area contributed by atoms with Crippen LogP contribution in [0.15, 0.2) is 47.3 Å². The highest BCUT2D eigenvalue weighted by Gasteiger charge is 2.11. The Morgan fingerprint density at radius 2 is 1.80 bits per heavy atom. The van der Waals surface area contributed by atoms with Crippen molar-refractivity contribution in [1.82, 2.24) is 9.55 Å². The minimum atomic E-state index is -0.228. The van der Waals surface area contributed by atoms with Gasteiger partial charge in [-0.2, -0.15) is 0 Å². The molecule has 0 aliphatic carbocycles. The van der Waals surface area contributed by atoms with Gasteiger partial charge in [0.2, 0.25) is 0 Å². The molecule has 0 radical (unpaired) electrons. The topological polar surface area (TPSA) is 37.8 Å². The van der Waals surface area contributed by atoms with E-state index in [1.165, 1.54) is 4.57 Å². The molecule has 0 spiro atoms. The molecule has 3 rings (SSSR count). The lowest BCUT2D eigenvalue weighted by Crippen LogP contribution is -2.20. The van der Waals surface area contributed by atoms with E-state index in [-0.39, 0.29) is 10.3 Å². The van der Waals surface area contributed by atoms with Crippen molar-refractivity contribution < 1.29 is 0 Å². The van der Waals surface area contributed by atoms with E-state index in [9.17, 15) is 4.79 Å². The first kappa shape index (κ1) is 13.4. The SMILES string of the molecule is O=c1c2ccccc2[nH]c(=S)n1-c1cccc(Cl)c1Cl. The predicted octanol–water partition coefficient (Wildman–Crippen LogP) is 4.36. The van der Waals surface area contributed by atoms with Crippen LogP contribution < -0.4 is 5.56 Å². The molecule has 3 aromatic rings.